The molecule has 0 N–H and O–H groups in total. The number of hydrogen-bond donors (Lipinski definition) is 0. The molecule has 1 heterocycles. The maximum Gasteiger partial charge on any atom is 0.0642 e. The van der Waals surface area contributed by atoms with Crippen molar-refractivity contribution in [2.75, 3.05) is 0 Å². The SMILES string of the molecule is [3H]c1cccnc1C(C)C. The van der Waals surface area contributed by atoms with Crippen LogP contribution >= 0.6 is 0 Å². The second kappa shape index (κ2) is 2.62. The standard InChI is InChI=1S/C8H11N/c1-7(2)8-5-3-4-6-9-8/h3-7H,1-2H3/i5T. The van der Waals surface area contributed by atoms with Gasteiger partial charge in [-0.1, -0.05) is 19.9 Å². The minimum Gasteiger partial charge on any atom is -0.261 e. The lowest BCUT2D eigenvalue weighted by molar-refractivity contribution is 0.823. The van der Waals surface area contributed by atoms with Crippen molar-refractivity contribution in [2.24, 2.45) is 0 Å². The normalized spacial score (nSPS) is 11.7. The molecule has 0 aliphatic rings. The van der Waals surface area contributed by atoms with Crippen molar-refractivity contribution in [1.29, 1.82) is 0 Å². The molecule has 0 aliphatic carbocycles. The molecule has 0 atom stereocenters. The first-order valence-electron chi connectivity index (χ1n) is 3.63. The highest BCUT2D eigenvalue weighted by Gasteiger charge is 1.95. The second-order valence-corrected chi connectivity index (χ2v) is 2.32. The second-order valence-electron chi connectivity index (χ2n) is 2.32. The van der Waals surface area contributed by atoms with E-state index in [0.717, 1.165) is 5.69 Å². The molecule has 9 heavy (non-hydrogen) atoms. The summed E-state index contributed by atoms with van der Waals surface area (Å²) in [6, 6.07) is 4.09. The van der Waals surface area contributed by atoms with E-state index in [2.05, 4.69) is 4.98 Å². The van der Waals surface area contributed by atoms with Crippen LogP contribution in [0.3, 0.4) is 0 Å². The van der Waals surface area contributed by atoms with Crippen LogP contribution < -0.4 is 0 Å². The quantitative estimate of drug-likeness (QED) is 0.558. The molecule has 1 nitrogen and oxygen atoms in total. The molecule has 1 rings (SSSR count). The lowest BCUT2D eigenvalue weighted by Gasteiger charge is -2.00. The predicted molar refractivity (Wildman–Crippen MR) is 38.3 cm³/mol. The molecule has 0 saturated carbocycles. The van der Waals surface area contributed by atoms with Gasteiger partial charge in [-0.2, -0.15) is 0 Å². The van der Waals surface area contributed by atoms with Gasteiger partial charge < -0.3 is 0 Å². The third-order valence-corrected chi connectivity index (χ3v) is 1.17. The van der Waals surface area contributed by atoms with E-state index in [1.54, 1.807) is 18.3 Å². The molecule has 1 aromatic heterocycles. The molecular formula is C8H11N. The van der Waals surface area contributed by atoms with Crippen LogP contribution in [0.5, 0.6) is 0 Å². The Labute approximate surface area is 57.2 Å². The Morgan fingerprint density at radius 2 is 2.33 bits per heavy atom. The van der Waals surface area contributed by atoms with Crippen molar-refractivity contribution in [1.82, 2.24) is 4.98 Å². The fraction of sp³-hybridized carbons (Fsp3) is 0.375. The Hall–Kier alpha value is -0.850. The molecule has 1 aromatic rings. The maximum atomic E-state index is 7.44. The van der Waals surface area contributed by atoms with E-state index in [-0.39, 0.29) is 0 Å². The molecular weight excluding hydrogens is 110 g/mol. The summed E-state index contributed by atoms with van der Waals surface area (Å²) in [5.41, 5.74) is 0.877. The summed E-state index contributed by atoms with van der Waals surface area (Å²) >= 11 is 0. The van der Waals surface area contributed by atoms with Crippen LogP contribution in [-0.4, -0.2) is 4.98 Å². The Bertz CT molecular complexity index is 220. The molecule has 0 spiro atoms. The molecule has 0 saturated heterocycles. The van der Waals surface area contributed by atoms with Gasteiger partial charge in [-0.05, 0) is 18.0 Å². The van der Waals surface area contributed by atoms with Crippen LogP contribution in [0.2, 0.25) is 0 Å². The Morgan fingerprint density at radius 1 is 1.56 bits per heavy atom. The Morgan fingerprint density at radius 3 is 2.78 bits per heavy atom. The van der Waals surface area contributed by atoms with E-state index in [1.807, 2.05) is 13.8 Å². The predicted octanol–water partition coefficient (Wildman–Crippen LogP) is 2.21. The number of hydrogen-bond acceptors (Lipinski definition) is 1. The molecule has 0 amide bonds. The van der Waals surface area contributed by atoms with Crippen molar-refractivity contribution < 1.29 is 1.37 Å². The largest absolute Gasteiger partial charge is 0.261 e. The van der Waals surface area contributed by atoms with Crippen molar-refractivity contribution >= 4 is 0 Å². The highest BCUT2D eigenvalue weighted by atomic mass is 14.7. The van der Waals surface area contributed by atoms with Crippen molar-refractivity contribution in [3.05, 3.63) is 30.1 Å². The lowest BCUT2D eigenvalue weighted by atomic mass is 10.1. The van der Waals surface area contributed by atoms with Gasteiger partial charge in [0, 0.05) is 11.9 Å². The van der Waals surface area contributed by atoms with Crippen LogP contribution in [0.4, 0.5) is 0 Å². The summed E-state index contributed by atoms with van der Waals surface area (Å²) in [4.78, 5) is 4.09. The third kappa shape index (κ3) is 1.53. The van der Waals surface area contributed by atoms with Crippen LogP contribution in [0.15, 0.2) is 24.4 Å². The van der Waals surface area contributed by atoms with Gasteiger partial charge in [0.2, 0.25) is 0 Å². The highest BCUT2D eigenvalue weighted by molar-refractivity contribution is 5.06. The topological polar surface area (TPSA) is 12.9 Å². The zero-order valence-corrected chi connectivity index (χ0v) is 5.76. The molecule has 0 fully saturated rings. The first-order chi connectivity index (χ1) is 4.72. The van der Waals surface area contributed by atoms with Crippen molar-refractivity contribution in [2.45, 2.75) is 19.8 Å². The zero-order valence-electron chi connectivity index (χ0n) is 6.76. The summed E-state index contributed by atoms with van der Waals surface area (Å²) < 4.78 is 7.44. The molecule has 48 valence electrons. The smallest absolute Gasteiger partial charge is 0.0642 e. The van der Waals surface area contributed by atoms with E-state index < -0.39 is 0 Å². The van der Waals surface area contributed by atoms with Gasteiger partial charge in [-0.15, -0.1) is 0 Å². The van der Waals surface area contributed by atoms with E-state index in [4.69, 9.17) is 1.37 Å². The highest BCUT2D eigenvalue weighted by Crippen LogP contribution is 2.08. The van der Waals surface area contributed by atoms with Crippen LogP contribution in [-0.2, 0) is 0 Å². The first-order valence-corrected chi connectivity index (χ1v) is 3.13. The van der Waals surface area contributed by atoms with Gasteiger partial charge in [0.05, 0.1) is 1.37 Å². The lowest BCUT2D eigenvalue weighted by Crippen LogP contribution is -1.88. The third-order valence-electron chi connectivity index (χ3n) is 1.17. The average Bonchev–Trinajstić information content (AvgIpc) is 1.88. The van der Waals surface area contributed by atoms with E-state index in [9.17, 15) is 0 Å². The number of pyridine rings is 1. The summed E-state index contributed by atoms with van der Waals surface area (Å²) in [6.45, 7) is 4.08. The van der Waals surface area contributed by atoms with Crippen molar-refractivity contribution in [3.8, 4) is 0 Å². The van der Waals surface area contributed by atoms with E-state index in [0.29, 0.717) is 12.0 Å². The summed E-state index contributed by atoms with van der Waals surface area (Å²) in [5, 5.41) is 0. The van der Waals surface area contributed by atoms with Crippen LogP contribution in [0.1, 0.15) is 26.8 Å². The van der Waals surface area contributed by atoms with Gasteiger partial charge in [0.15, 0.2) is 0 Å². The Balaban J connectivity index is 3.03. The molecule has 0 radical (unpaired) electrons. The molecule has 0 aliphatic heterocycles. The molecule has 1 heteroatoms. The Kier molecular flexibility index (Phi) is 1.45. The minimum atomic E-state index is 0.355. The first kappa shape index (κ1) is 4.98. The van der Waals surface area contributed by atoms with Gasteiger partial charge in [0.25, 0.3) is 0 Å². The van der Waals surface area contributed by atoms with Gasteiger partial charge in [-0.3, -0.25) is 4.98 Å². The molecule has 0 unspecified atom stereocenters. The number of rotatable bonds is 1. The number of aromatic nitrogens is 1. The minimum absolute atomic E-state index is 0.355. The fourth-order valence-corrected chi connectivity index (χ4v) is 0.653. The van der Waals surface area contributed by atoms with E-state index in [1.165, 1.54) is 0 Å². The van der Waals surface area contributed by atoms with Crippen molar-refractivity contribution in [3.63, 3.8) is 0 Å². The van der Waals surface area contributed by atoms with E-state index >= 15 is 0 Å². The van der Waals surface area contributed by atoms with Crippen LogP contribution in [0.25, 0.3) is 0 Å². The summed E-state index contributed by atoms with van der Waals surface area (Å²) in [6.07, 6.45) is 1.73. The monoisotopic (exact) mass is 123 g/mol. The molecule has 0 aromatic carbocycles. The average molecular weight is 123 g/mol. The van der Waals surface area contributed by atoms with Gasteiger partial charge >= 0.3 is 0 Å². The number of nitrogens with zero attached hydrogens (tertiary/aromatic N) is 1. The van der Waals surface area contributed by atoms with Gasteiger partial charge in [0.1, 0.15) is 0 Å². The summed E-state index contributed by atoms with van der Waals surface area (Å²) in [5.74, 6) is 0.355. The maximum absolute atomic E-state index is 7.44. The molecule has 0 bridgehead atoms. The van der Waals surface area contributed by atoms with Gasteiger partial charge in [-0.25, -0.2) is 0 Å². The zero-order chi connectivity index (χ0) is 7.56. The summed E-state index contributed by atoms with van der Waals surface area (Å²) in [7, 11) is 0. The van der Waals surface area contributed by atoms with Crippen LogP contribution in [0, 0.1) is 0 Å². The fourth-order valence-electron chi connectivity index (χ4n) is 0.653.